The summed E-state index contributed by atoms with van der Waals surface area (Å²) >= 11 is 0. The number of ether oxygens (including phenoxy) is 1. The number of carbonyl (C=O) groups is 1. The minimum Gasteiger partial charge on any atom is -0.468 e. The molecule has 0 heterocycles. The van der Waals surface area contributed by atoms with E-state index in [1.807, 2.05) is 6.92 Å². The minimum absolute atomic E-state index is 0.153. The van der Waals surface area contributed by atoms with E-state index in [2.05, 4.69) is 31.0 Å². The lowest BCUT2D eigenvalue weighted by molar-refractivity contribution is -0.148. The number of nitrogens with one attached hydrogen (secondary N) is 1. The lowest BCUT2D eigenvalue weighted by atomic mass is 9.92. The Labute approximate surface area is 124 Å². The third kappa shape index (κ3) is 5.06. The Bertz CT molecular complexity index is 305. The zero-order valence-corrected chi connectivity index (χ0v) is 13.9. The van der Waals surface area contributed by atoms with Crippen molar-refractivity contribution in [2.75, 3.05) is 26.7 Å². The molecule has 1 saturated carbocycles. The fourth-order valence-electron chi connectivity index (χ4n) is 2.83. The first-order valence-electron chi connectivity index (χ1n) is 8.04. The number of carbonyl (C=O) groups excluding carboxylic acids is 1. The van der Waals surface area contributed by atoms with Gasteiger partial charge >= 0.3 is 5.97 Å². The zero-order valence-electron chi connectivity index (χ0n) is 13.9. The van der Waals surface area contributed by atoms with Crippen molar-refractivity contribution < 1.29 is 9.53 Å². The summed E-state index contributed by atoms with van der Waals surface area (Å²) in [6.07, 6.45) is 4.54. The number of nitrogens with zero attached hydrogens (tertiary/aromatic N) is 1. The first-order chi connectivity index (χ1) is 9.46. The molecule has 1 fully saturated rings. The second kappa shape index (κ2) is 7.99. The second-order valence-electron chi connectivity index (χ2n) is 6.33. The summed E-state index contributed by atoms with van der Waals surface area (Å²) in [5, 5.41) is 3.37. The fourth-order valence-corrected chi connectivity index (χ4v) is 2.83. The fraction of sp³-hybridized carbons (Fsp3) is 0.938. The minimum atomic E-state index is -0.582. The van der Waals surface area contributed by atoms with E-state index in [0.717, 1.165) is 31.8 Å². The van der Waals surface area contributed by atoms with Crippen LogP contribution in [-0.4, -0.2) is 49.2 Å². The molecule has 0 amide bonds. The van der Waals surface area contributed by atoms with Crippen LogP contribution in [0.5, 0.6) is 0 Å². The van der Waals surface area contributed by atoms with E-state index in [-0.39, 0.29) is 5.97 Å². The van der Waals surface area contributed by atoms with E-state index in [9.17, 15) is 4.79 Å². The van der Waals surface area contributed by atoms with E-state index in [1.165, 1.54) is 26.5 Å². The molecular weight excluding hydrogens is 252 g/mol. The molecule has 0 bridgehead atoms. The molecule has 118 valence electrons. The van der Waals surface area contributed by atoms with Gasteiger partial charge in [0.1, 0.15) is 5.54 Å². The van der Waals surface area contributed by atoms with Crippen molar-refractivity contribution in [2.45, 2.75) is 65.0 Å². The van der Waals surface area contributed by atoms with E-state index < -0.39 is 5.54 Å². The van der Waals surface area contributed by atoms with Crippen LogP contribution in [0.2, 0.25) is 0 Å². The molecular formula is C16H32N2O2. The van der Waals surface area contributed by atoms with Crippen molar-refractivity contribution in [3.05, 3.63) is 0 Å². The van der Waals surface area contributed by atoms with Gasteiger partial charge < -0.3 is 15.0 Å². The van der Waals surface area contributed by atoms with Crippen LogP contribution >= 0.6 is 0 Å². The van der Waals surface area contributed by atoms with E-state index in [0.29, 0.717) is 6.04 Å². The molecule has 0 saturated heterocycles. The van der Waals surface area contributed by atoms with Gasteiger partial charge in [-0.05, 0) is 58.5 Å². The smallest absolute Gasteiger partial charge is 0.325 e. The molecule has 2 unspecified atom stereocenters. The topological polar surface area (TPSA) is 41.6 Å². The van der Waals surface area contributed by atoms with Gasteiger partial charge in [-0.25, -0.2) is 0 Å². The predicted octanol–water partition coefficient (Wildman–Crippen LogP) is 2.43. The van der Waals surface area contributed by atoms with Crippen LogP contribution in [0.15, 0.2) is 0 Å². The van der Waals surface area contributed by atoms with Crippen LogP contribution in [0.4, 0.5) is 0 Å². The Morgan fingerprint density at radius 3 is 2.55 bits per heavy atom. The quantitative estimate of drug-likeness (QED) is 0.626. The molecule has 0 aromatic heterocycles. The van der Waals surface area contributed by atoms with E-state index in [1.54, 1.807) is 0 Å². The molecule has 4 heteroatoms. The van der Waals surface area contributed by atoms with Crippen LogP contribution < -0.4 is 5.32 Å². The molecule has 0 aromatic rings. The molecule has 1 rings (SSSR count). The van der Waals surface area contributed by atoms with Crippen LogP contribution in [0.25, 0.3) is 0 Å². The third-order valence-electron chi connectivity index (χ3n) is 4.32. The summed E-state index contributed by atoms with van der Waals surface area (Å²) in [5.41, 5.74) is -0.582. The normalized spacial score (nSPS) is 19.7. The van der Waals surface area contributed by atoms with Crippen LogP contribution in [-0.2, 0) is 9.53 Å². The molecule has 1 aliphatic carbocycles. The first kappa shape index (κ1) is 17.4. The molecule has 0 spiro atoms. The molecule has 0 aromatic carbocycles. The lowest BCUT2D eigenvalue weighted by Crippen LogP contribution is -2.54. The molecule has 1 N–H and O–H groups in total. The molecule has 20 heavy (non-hydrogen) atoms. The number of hydrogen-bond donors (Lipinski definition) is 1. The number of methoxy groups -OCH3 is 1. The molecule has 0 aliphatic heterocycles. The Morgan fingerprint density at radius 2 is 2.10 bits per heavy atom. The van der Waals surface area contributed by atoms with Crippen molar-refractivity contribution in [3.63, 3.8) is 0 Å². The van der Waals surface area contributed by atoms with Crippen molar-refractivity contribution in [2.24, 2.45) is 5.92 Å². The van der Waals surface area contributed by atoms with Gasteiger partial charge in [-0.1, -0.05) is 13.8 Å². The van der Waals surface area contributed by atoms with E-state index >= 15 is 0 Å². The maximum Gasteiger partial charge on any atom is 0.325 e. The highest BCUT2D eigenvalue weighted by molar-refractivity contribution is 5.80. The first-order valence-corrected chi connectivity index (χ1v) is 8.04. The summed E-state index contributed by atoms with van der Waals surface area (Å²) in [6, 6.07) is 0.383. The predicted molar refractivity (Wildman–Crippen MR) is 82.8 cm³/mol. The Balaban J connectivity index is 2.63. The van der Waals surface area contributed by atoms with Gasteiger partial charge in [-0.15, -0.1) is 0 Å². The average molecular weight is 284 g/mol. The lowest BCUT2D eigenvalue weighted by Gasteiger charge is -2.35. The van der Waals surface area contributed by atoms with Gasteiger partial charge in [0.25, 0.3) is 0 Å². The van der Waals surface area contributed by atoms with Gasteiger partial charge in [0.2, 0.25) is 0 Å². The summed E-state index contributed by atoms with van der Waals surface area (Å²) in [6.45, 7) is 11.6. The summed E-state index contributed by atoms with van der Waals surface area (Å²) < 4.78 is 5.00. The van der Waals surface area contributed by atoms with Crippen molar-refractivity contribution in [1.82, 2.24) is 10.2 Å². The van der Waals surface area contributed by atoms with Gasteiger partial charge in [-0.3, -0.25) is 4.79 Å². The summed E-state index contributed by atoms with van der Waals surface area (Å²) in [5.74, 6) is 0.727. The Kier molecular flexibility index (Phi) is 6.96. The molecule has 2 atom stereocenters. The summed E-state index contributed by atoms with van der Waals surface area (Å²) in [4.78, 5) is 14.6. The van der Waals surface area contributed by atoms with Crippen molar-refractivity contribution >= 4 is 5.97 Å². The SMILES string of the molecule is CCCNC(C)(CC(C)N(CC)CC1CC1)C(=O)OC. The average Bonchev–Trinajstić information content (AvgIpc) is 3.25. The van der Waals surface area contributed by atoms with Gasteiger partial charge in [0, 0.05) is 12.6 Å². The number of rotatable bonds is 10. The molecule has 4 nitrogen and oxygen atoms in total. The van der Waals surface area contributed by atoms with Gasteiger partial charge in [0.05, 0.1) is 7.11 Å². The van der Waals surface area contributed by atoms with Crippen molar-refractivity contribution in [3.8, 4) is 0 Å². The zero-order chi connectivity index (χ0) is 15.2. The Hall–Kier alpha value is -0.610. The monoisotopic (exact) mass is 284 g/mol. The third-order valence-corrected chi connectivity index (χ3v) is 4.32. The highest BCUT2D eigenvalue weighted by atomic mass is 16.5. The highest BCUT2D eigenvalue weighted by Crippen LogP contribution is 2.31. The molecule has 1 aliphatic rings. The van der Waals surface area contributed by atoms with Gasteiger partial charge in [0.15, 0.2) is 0 Å². The largest absolute Gasteiger partial charge is 0.468 e. The van der Waals surface area contributed by atoms with Crippen molar-refractivity contribution in [1.29, 1.82) is 0 Å². The summed E-state index contributed by atoms with van der Waals surface area (Å²) in [7, 11) is 1.47. The molecule has 0 radical (unpaired) electrons. The second-order valence-corrected chi connectivity index (χ2v) is 6.33. The maximum absolute atomic E-state index is 12.1. The number of esters is 1. The van der Waals surface area contributed by atoms with Crippen LogP contribution in [0.1, 0.15) is 53.4 Å². The Morgan fingerprint density at radius 1 is 1.45 bits per heavy atom. The van der Waals surface area contributed by atoms with Crippen LogP contribution in [0.3, 0.4) is 0 Å². The van der Waals surface area contributed by atoms with E-state index in [4.69, 9.17) is 4.74 Å². The maximum atomic E-state index is 12.1. The standard InChI is InChI=1S/C16H32N2O2/c1-6-10-17-16(4,15(19)20-5)11-13(3)18(7-2)12-14-8-9-14/h13-14,17H,6-12H2,1-5H3. The highest BCUT2D eigenvalue weighted by Gasteiger charge is 2.37. The number of hydrogen-bond acceptors (Lipinski definition) is 4. The van der Waals surface area contributed by atoms with Gasteiger partial charge in [-0.2, -0.15) is 0 Å². The van der Waals surface area contributed by atoms with Crippen LogP contribution in [0, 0.1) is 5.92 Å².